The topological polar surface area (TPSA) is 101 Å². The Labute approximate surface area is 120 Å². The molecule has 1 amide bonds. The largest absolute Gasteiger partial charge is 0.481 e. The molecule has 20 heavy (non-hydrogen) atoms. The number of carbonyl (C=O) groups excluding carboxylic acids is 1. The van der Waals surface area contributed by atoms with Crippen molar-refractivity contribution >= 4 is 23.4 Å². The van der Waals surface area contributed by atoms with Gasteiger partial charge in [-0.3, -0.25) is 9.59 Å². The summed E-state index contributed by atoms with van der Waals surface area (Å²) in [6.45, 7) is 6.16. The van der Waals surface area contributed by atoms with Crippen LogP contribution in [0.25, 0.3) is 0 Å². The predicted molar refractivity (Wildman–Crippen MR) is 71.8 cm³/mol. The average Bonchev–Trinajstić information content (AvgIpc) is 2.95. The van der Waals surface area contributed by atoms with E-state index in [1.807, 2.05) is 20.8 Å². The number of hydrogen-bond acceptors (Lipinski definition) is 6. The molecule has 2 rings (SSSR count). The zero-order chi connectivity index (χ0) is 14.9. The van der Waals surface area contributed by atoms with Crippen molar-refractivity contribution in [3.63, 3.8) is 0 Å². The Balaban J connectivity index is 2.13. The van der Waals surface area contributed by atoms with Gasteiger partial charge < -0.3 is 15.2 Å². The summed E-state index contributed by atoms with van der Waals surface area (Å²) in [7, 11) is 0. The molecule has 0 spiro atoms. The van der Waals surface area contributed by atoms with E-state index < -0.39 is 17.9 Å². The van der Waals surface area contributed by atoms with Gasteiger partial charge in [0, 0.05) is 5.41 Å². The van der Waals surface area contributed by atoms with Crippen LogP contribution in [-0.4, -0.2) is 45.8 Å². The molecule has 2 atom stereocenters. The number of aromatic nitrogens is 2. The van der Waals surface area contributed by atoms with E-state index in [4.69, 9.17) is 9.84 Å². The van der Waals surface area contributed by atoms with Crippen molar-refractivity contribution in [2.24, 2.45) is 5.92 Å². The zero-order valence-corrected chi connectivity index (χ0v) is 12.4. The fraction of sp³-hybridized carbons (Fsp3) is 0.667. The van der Waals surface area contributed by atoms with Crippen molar-refractivity contribution in [3.05, 3.63) is 10.6 Å². The van der Waals surface area contributed by atoms with Crippen LogP contribution in [0.2, 0.25) is 0 Å². The van der Waals surface area contributed by atoms with Crippen molar-refractivity contribution in [3.8, 4) is 0 Å². The summed E-state index contributed by atoms with van der Waals surface area (Å²) in [6, 6.07) is -0.519. The smallest absolute Gasteiger partial charge is 0.311 e. The van der Waals surface area contributed by atoms with Crippen molar-refractivity contribution in [1.29, 1.82) is 0 Å². The Morgan fingerprint density at radius 1 is 1.40 bits per heavy atom. The summed E-state index contributed by atoms with van der Waals surface area (Å²) in [5.41, 5.74) is 0.323. The first-order chi connectivity index (χ1) is 9.30. The molecule has 2 heterocycles. The van der Waals surface area contributed by atoms with Gasteiger partial charge in [0.05, 0.1) is 24.9 Å². The molecule has 0 aromatic carbocycles. The van der Waals surface area contributed by atoms with E-state index in [-0.39, 0.29) is 24.5 Å². The fourth-order valence-electron chi connectivity index (χ4n) is 2.00. The van der Waals surface area contributed by atoms with Crippen LogP contribution in [0.1, 0.15) is 36.1 Å². The van der Waals surface area contributed by atoms with Crippen LogP contribution in [0.4, 0.5) is 0 Å². The number of nitrogens with one attached hydrogen (secondary N) is 1. The summed E-state index contributed by atoms with van der Waals surface area (Å²) >= 11 is 1.02. The first-order valence-corrected chi connectivity index (χ1v) is 7.02. The molecule has 0 bridgehead atoms. The second-order valence-electron chi connectivity index (χ2n) is 5.76. The van der Waals surface area contributed by atoms with Gasteiger partial charge in [0.1, 0.15) is 10.8 Å². The lowest BCUT2D eigenvalue weighted by Gasteiger charge is -2.18. The van der Waals surface area contributed by atoms with Gasteiger partial charge in [-0.1, -0.05) is 25.3 Å². The first-order valence-electron chi connectivity index (χ1n) is 6.25. The minimum Gasteiger partial charge on any atom is -0.481 e. The molecule has 0 aliphatic carbocycles. The zero-order valence-electron chi connectivity index (χ0n) is 11.5. The van der Waals surface area contributed by atoms with E-state index >= 15 is 0 Å². The lowest BCUT2D eigenvalue weighted by atomic mass is 9.91. The lowest BCUT2D eigenvalue weighted by Crippen LogP contribution is -2.43. The minimum absolute atomic E-state index is 0.118. The third-order valence-corrected chi connectivity index (χ3v) is 3.84. The summed E-state index contributed by atoms with van der Waals surface area (Å²) in [4.78, 5) is 23.7. The second-order valence-corrected chi connectivity index (χ2v) is 6.52. The van der Waals surface area contributed by atoms with Crippen molar-refractivity contribution in [2.75, 3.05) is 13.2 Å². The van der Waals surface area contributed by atoms with Gasteiger partial charge >= 0.3 is 5.97 Å². The van der Waals surface area contributed by atoms with Crippen LogP contribution in [0.3, 0.4) is 0 Å². The quantitative estimate of drug-likeness (QED) is 0.850. The molecule has 1 fully saturated rings. The van der Waals surface area contributed by atoms with Gasteiger partial charge in [0.2, 0.25) is 0 Å². The van der Waals surface area contributed by atoms with Crippen molar-refractivity contribution in [1.82, 2.24) is 14.9 Å². The molecule has 1 aromatic heterocycles. The average molecular weight is 299 g/mol. The van der Waals surface area contributed by atoms with Crippen LogP contribution < -0.4 is 5.32 Å². The second kappa shape index (κ2) is 5.45. The molecule has 2 N–H and O–H groups in total. The number of carboxylic acid groups (broad SMARTS) is 1. The Hall–Kier alpha value is -1.54. The number of carboxylic acids is 1. The number of nitrogens with zero attached hydrogens (tertiary/aromatic N) is 2. The predicted octanol–water partition coefficient (Wildman–Crippen LogP) is 0.665. The fourth-order valence-corrected chi connectivity index (χ4v) is 2.78. The number of carbonyl (C=O) groups is 2. The maximum Gasteiger partial charge on any atom is 0.311 e. The molecule has 7 nitrogen and oxygen atoms in total. The monoisotopic (exact) mass is 299 g/mol. The highest BCUT2D eigenvalue weighted by Crippen LogP contribution is 2.26. The minimum atomic E-state index is -0.966. The van der Waals surface area contributed by atoms with Gasteiger partial charge in [0.25, 0.3) is 5.91 Å². The van der Waals surface area contributed by atoms with E-state index in [1.54, 1.807) is 0 Å². The van der Waals surface area contributed by atoms with Crippen molar-refractivity contribution < 1.29 is 19.4 Å². The van der Waals surface area contributed by atoms with Crippen LogP contribution in [0, 0.1) is 5.92 Å². The molecule has 1 aliphatic rings. The van der Waals surface area contributed by atoms with Crippen LogP contribution in [0.5, 0.6) is 0 Å². The summed E-state index contributed by atoms with van der Waals surface area (Å²) in [6.07, 6.45) is 0. The Morgan fingerprint density at radius 3 is 2.70 bits per heavy atom. The highest BCUT2D eigenvalue weighted by atomic mass is 32.1. The van der Waals surface area contributed by atoms with E-state index in [0.717, 1.165) is 11.5 Å². The summed E-state index contributed by atoms with van der Waals surface area (Å²) in [5.74, 6) is -2.02. The van der Waals surface area contributed by atoms with E-state index in [0.29, 0.717) is 10.6 Å². The van der Waals surface area contributed by atoms with Gasteiger partial charge in [-0.05, 0) is 11.5 Å². The Bertz CT molecular complexity index is 523. The summed E-state index contributed by atoms with van der Waals surface area (Å²) < 4.78 is 8.94. The van der Waals surface area contributed by atoms with Gasteiger partial charge in [-0.15, -0.1) is 5.10 Å². The molecule has 0 radical (unpaired) electrons. The number of rotatable bonds is 3. The maximum atomic E-state index is 12.3. The molecular formula is C12H17N3O4S. The molecule has 1 saturated heterocycles. The first kappa shape index (κ1) is 14.9. The van der Waals surface area contributed by atoms with Gasteiger partial charge in [-0.2, -0.15) is 0 Å². The molecular weight excluding hydrogens is 282 g/mol. The number of aliphatic carboxylic acids is 1. The van der Waals surface area contributed by atoms with E-state index in [1.165, 1.54) is 0 Å². The Kier molecular flexibility index (Phi) is 4.05. The van der Waals surface area contributed by atoms with E-state index in [2.05, 4.69) is 14.9 Å². The highest BCUT2D eigenvalue weighted by molar-refractivity contribution is 7.08. The summed E-state index contributed by atoms with van der Waals surface area (Å²) in [5, 5.41) is 15.8. The van der Waals surface area contributed by atoms with E-state index in [9.17, 15) is 9.59 Å². The van der Waals surface area contributed by atoms with Crippen LogP contribution in [0.15, 0.2) is 0 Å². The molecule has 1 aromatic rings. The highest BCUT2D eigenvalue weighted by Gasteiger charge is 2.36. The number of ether oxygens (including phenoxy) is 1. The van der Waals surface area contributed by atoms with Crippen molar-refractivity contribution in [2.45, 2.75) is 32.2 Å². The van der Waals surface area contributed by atoms with Gasteiger partial charge in [0.15, 0.2) is 0 Å². The van der Waals surface area contributed by atoms with Crippen LogP contribution >= 0.6 is 11.5 Å². The maximum absolute atomic E-state index is 12.3. The number of hydrogen-bond donors (Lipinski definition) is 2. The lowest BCUT2D eigenvalue weighted by molar-refractivity contribution is -0.142. The number of amides is 1. The third kappa shape index (κ3) is 2.96. The van der Waals surface area contributed by atoms with Gasteiger partial charge in [-0.25, -0.2) is 0 Å². The standard InChI is InChI=1S/C12H17N3O4S/c1-12(2,3)9-8(20-15-14-9)10(16)13-7-5-19-4-6(7)11(17)18/h6-7H,4-5H2,1-3H3,(H,13,16)(H,17,18). The Morgan fingerprint density at radius 2 is 2.10 bits per heavy atom. The molecule has 0 saturated carbocycles. The molecule has 1 aliphatic heterocycles. The van der Waals surface area contributed by atoms with Crippen LogP contribution in [-0.2, 0) is 14.9 Å². The molecule has 2 unspecified atom stereocenters. The molecule has 8 heteroatoms. The third-order valence-electron chi connectivity index (χ3n) is 3.12. The SMILES string of the molecule is CC(C)(C)c1nnsc1C(=O)NC1COCC1C(=O)O. The molecule has 110 valence electrons. The normalized spacial score (nSPS) is 22.8.